The van der Waals surface area contributed by atoms with Crippen molar-refractivity contribution in [2.75, 3.05) is 31.6 Å². The number of carbonyl (C=O) groups excluding carboxylic acids is 1. The average Bonchev–Trinajstić information content (AvgIpc) is 3.10. The minimum absolute atomic E-state index is 0.0250. The lowest BCUT2D eigenvalue weighted by atomic mass is 10.1. The molecule has 0 unspecified atom stereocenters. The summed E-state index contributed by atoms with van der Waals surface area (Å²) in [5.41, 5.74) is 0.602. The Morgan fingerprint density at radius 3 is 2.85 bits per heavy atom. The molecule has 0 bridgehead atoms. The maximum Gasteiger partial charge on any atom is 0.255 e. The number of hydrogen-bond acceptors (Lipinski definition) is 5. The molecule has 26 heavy (non-hydrogen) atoms. The molecule has 2 aromatic rings. The molecule has 1 aliphatic rings. The molecule has 3 heterocycles. The number of methoxy groups -OCH3 is 1. The summed E-state index contributed by atoms with van der Waals surface area (Å²) in [6, 6.07) is 3.79. The van der Waals surface area contributed by atoms with Gasteiger partial charge in [0.2, 0.25) is 0 Å². The van der Waals surface area contributed by atoms with Crippen molar-refractivity contribution < 1.29 is 9.53 Å². The van der Waals surface area contributed by atoms with E-state index in [1.54, 1.807) is 24.4 Å². The van der Waals surface area contributed by atoms with E-state index in [0.717, 1.165) is 37.6 Å². The first-order chi connectivity index (χ1) is 12.6. The van der Waals surface area contributed by atoms with Crippen molar-refractivity contribution in [1.82, 2.24) is 19.4 Å². The number of pyridine rings is 1. The molecule has 1 atom stereocenters. The van der Waals surface area contributed by atoms with Crippen molar-refractivity contribution in [2.45, 2.75) is 32.4 Å². The van der Waals surface area contributed by atoms with E-state index in [4.69, 9.17) is 4.74 Å². The zero-order chi connectivity index (χ0) is 18.5. The quantitative estimate of drug-likeness (QED) is 0.792. The third kappa shape index (κ3) is 4.04. The standard InChI is InChI=1S/C19H27N5O2/c1-4-23(14-18-20-9-11-22(18)2)19(25)15-7-8-17(21-12-15)24-10-5-6-16(13-24)26-3/h7-9,11-12,16H,4-6,10,13-14H2,1-3H3/t16-/m0/s1. The van der Waals surface area contributed by atoms with Gasteiger partial charge in [-0.25, -0.2) is 9.97 Å². The van der Waals surface area contributed by atoms with Crippen molar-refractivity contribution in [3.05, 3.63) is 42.1 Å². The Bertz CT molecular complexity index is 728. The number of imidazole rings is 1. The summed E-state index contributed by atoms with van der Waals surface area (Å²) in [6.07, 6.45) is 7.73. The molecule has 0 spiro atoms. The molecule has 3 rings (SSSR count). The molecule has 0 saturated carbocycles. The number of amides is 1. The smallest absolute Gasteiger partial charge is 0.255 e. The zero-order valence-electron chi connectivity index (χ0n) is 15.8. The molecule has 1 saturated heterocycles. The van der Waals surface area contributed by atoms with E-state index in [9.17, 15) is 4.79 Å². The van der Waals surface area contributed by atoms with Crippen molar-refractivity contribution in [3.8, 4) is 0 Å². The Morgan fingerprint density at radius 2 is 2.23 bits per heavy atom. The number of anilines is 1. The topological polar surface area (TPSA) is 63.5 Å². The Labute approximate surface area is 154 Å². The maximum atomic E-state index is 12.8. The van der Waals surface area contributed by atoms with Crippen molar-refractivity contribution >= 4 is 11.7 Å². The van der Waals surface area contributed by atoms with Crippen LogP contribution in [0, 0.1) is 0 Å². The number of piperidine rings is 1. The lowest BCUT2D eigenvalue weighted by Crippen LogP contribution is -2.39. The van der Waals surface area contributed by atoms with Crippen LogP contribution in [0.5, 0.6) is 0 Å². The van der Waals surface area contributed by atoms with E-state index in [0.29, 0.717) is 18.7 Å². The third-order valence-corrected chi connectivity index (χ3v) is 4.95. The molecule has 7 heteroatoms. The Balaban J connectivity index is 1.68. The normalized spacial score (nSPS) is 17.3. The molecule has 0 radical (unpaired) electrons. The first-order valence-corrected chi connectivity index (χ1v) is 9.11. The molecular weight excluding hydrogens is 330 g/mol. The SMILES string of the molecule is CCN(Cc1nccn1C)C(=O)c1ccc(N2CCC[C@H](OC)C2)nc1. The fourth-order valence-corrected chi connectivity index (χ4v) is 3.27. The first-order valence-electron chi connectivity index (χ1n) is 9.11. The highest BCUT2D eigenvalue weighted by molar-refractivity contribution is 5.94. The predicted octanol–water partition coefficient (Wildman–Crippen LogP) is 2.09. The van der Waals surface area contributed by atoms with Crippen molar-refractivity contribution in [3.63, 3.8) is 0 Å². The molecule has 140 valence electrons. The van der Waals surface area contributed by atoms with Gasteiger partial charge < -0.3 is 19.1 Å². The molecule has 2 aromatic heterocycles. The van der Waals surface area contributed by atoms with Gasteiger partial charge in [-0.15, -0.1) is 0 Å². The van der Waals surface area contributed by atoms with Crippen LogP contribution in [0.4, 0.5) is 5.82 Å². The van der Waals surface area contributed by atoms with Crippen molar-refractivity contribution in [2.24, 2.45) is 7.05 Å². The monoisotopic (exact) mass is 357 g/mol. The van der Waals surface area contributed by atoms with E-state index in [-0.39, 0.29) is 12.0 Å². The van der Waals surface area contributed by atoms with Crippen molar-refractivity contribution in [1.29, 1.82) is 0 Å². The van der Waals surface area contributed by atoms with Gasteiger partial charge in [0, 0.05) is 52.4 Å². The number of ether oxygens (including phenoxy) is 1. The van der Waals surface area contributed by atoms with Gasteiger partial charge in [0.15, 0.2) is 0 Å². The molecule has 1 amide bonds. The molecule has 1 aliphatic heterocycles. The van der Waals surface area contributed by atoms with Crippen LogP contribution in [0.25, 0.3) is 0 Å². The van der Waals surface area contributed by atoms with Gasteiger partial charge in [-0.05, 0) is 31.9 Å². The van der Waals surface area contributed by atoms with Gasteiger partial charge in [-0.1, -0.05) is 0 Å². The summed E-state index contributed by atoms with van der Waals surface area (Å²) < 4.78 is 7.40. The van der Waals surface area contributed by atoms with Crippen LogP contribution in [-0.4, -0.2) is 58.2 Å². The zero-order valence-corrected chi connectivity index (χ0v) is 15.8. The van der Waals surface area contributed by atoms with Gasteiger partial charge >= 0.3 is 0 Å². The van der Waals surface area contributed by atoms with E-state index in [1.165, 1.54) is 0 Å². The van der Waals surface area contributed by atoms with Gasteiger partial charge in [0.05, 0.1) is 18.2 Å². The highest BCUT2D eigenvalue weighted by Gasteiger charge is 2.21. The molecule has 7 nitrogen and oxygen atoms in total. The largest absolute Gasteiger partial charge is 0.380 e. The van der Waals surface area contributed by atoms with E-state index >= 15 is 0 Å². The fraction of sp³-hybridized carbons (Fsp3) is 0.526. The molecule has 1 fully saturated rings. The Hall–Kier alpha value is -2.41. The summed E-state index contributed by atoms with van der Waals surface area (Å²) in [4.78, 5) is 25.6. The first kappa shape index (κ1) is 18.4. The van der Waals surface area contributed by atoms with E-state index in [1.807, 2.05) is 36.9 Å². The van der Waals surface area contributed by atoms with E-state index < -0.39 is 0 Å². The number of carbonyl (C=O) groups is 1. The van der Waals surface area contributed by atoms with Crippen LogP contribution in [0.15, 0.2) is 30.7 Å². The Morgan fingerprint density at radius 1 is 1.38 bits per heavy atom. The summed E-state index contributed by atoms with van der Waals surface area (Å²) >= 11 is 0. The maximum absolute atomic E-state index is 12.8. The van der Waals surface area contributed by atoms with Crippen LogP contribution in [-0.2, 0) is 18.3 Å². The lowest BCUT2D eigenvalue weighted by Gasteiger charge is -2.32. The van der Waals surface area contributed by atoms with Gasteiger partial charge in [0.1, 0.15) is 11.6 Å². The summed E-state index contributed by atoms with van der Waals surface area (Å²) in [5, 5.41) is 0. The molecule has 0 aromatic carbocycles. The number of aromatic nitrogens is 3. The van der Waals surface area contributed by atoms with Gasteiger partial charge in [0.25, 0.3) is 5.91 Å². The minimum atomic E-state index is -0.0250. The number of aryl methyl sites for hydroxylation is 1. The number of nitrogens with zero attached hydrogens (tertiary/aromatic N) is 5. The third-order valence-electron chi connectivity index (χ3n) is 4.95. The summed E-state index contributed by atoms with van der Waals surface area (Å²) in [7, 11) is 3.69. The Kier molecular flexibility index (Phi) is 5.88. The number of rotatable bonds is 6. The highest BCUT2D eigenvalue weighted by Crippen LogP contribution is 2.20. The average molecular weight is 357 g/mol. The predicted molar refractivity (Wildman–Crippen MR) is 100 cm³/mol. The fourth-order valence-electron chi connectivity index (χ4n) is 3.27. The van der Waals surface area contributed by atoms with Crippen LogP contribution in [0.1, 0.15) is 35.9 Å². The highest BCUT2D eigenvalue weighted by atomic mass is 16.5. The molecule has 0 aliphatic carbocycles. The second kappa shape index (κ2) is 8.31. The molecule has 0 N–H and O–H groups in total. The van der Waals surface area contributed by atoms with E-state index in [2.05, 4.69) is 14.9 Å². The van der Waals surface area contributed by atoms with Crippen LogP contribution in [0.2, 0.25) is 0 Å². The molecular formula is C19H27N5O2. The number of hydrogen-bond donors (Lipinski definition) is 0. The van der Waals surface area contributed by atoms with Crippen LogP contribution >= 0.6 is 0 Å². The lowest BCUT2D eigenvalue weighted by molar-refractivity contribution is 0.0746. The summed E-state index contributed by atoms with van der Waals surface area (Å²) in [6.45, 7) is 4.90. The van der Waals surface area contributed by atoms with Crippen LogP contribution in [0.3, 0.4) is 0 Å². The minimum Gasteiger partial charge on any atom is -0.380 e. The van der Waals surface area contributed by atoms with Gasteiger partial charge in [-0.3, -0.25) is 4.79 Å². The second-order valence-electron chi connectivity index (χ2n) is 6.62. The van der Waals surface area contributed by atoms with Gasteiger partial charge in [-0.2, -0.15) is 0 Å². The summed E-state index contributed by atoms with van der Waals surface area (Å²) in [5.74, 6) is 1.74. The van der Waals surface area contributed by atoms with Crippen LogP contribution < -0.4 is 4.90 Å². The second-order valence-corrected chi connectivity index (χ2v) is 6.62.